The van der Waals surface area contributed by atoms with Gasteiger partial charge >= 0.3 is 5.97 Å². The van der Waals surface area contributed by atoms with E-state index in [2.05, 4.69) is 27.8 Å². The van der Waals surface area contributed by atoms with Gasteiger partial charge in [-0.1, -0.05) is 28.6 Å². The summed E-state index contributed by atoms with van der Waals surface area (Å²) in [5, 5.41) is 3.09. The average molecular weight is 284 g/mol. The topological polar surface area (TPSA) is 38.3 Å². The van der Waals surface area contributed by atoms with Crippen LogP contribution in [0.2, 0.25) is 0 Å². The molecule has 16 heavy (non-hydrogen) atoms. The summed E-state index contributed by atoms with van der Waals surface area (Å²) in [7, 11) is 0. The highest BCUT2D eigenvalue weighted by atomic mass is 79.9. The van der Waals surface area contributed by atoms with Crippen LogP contribution < -0.4 is 5.32 Å². The zero-order chi connectivity index (χ0) is 12.0. The van der Waals surface area contributed by atoms with Crippen molar-refractivity contribution in [2.45, 2.75) is 6.92 Å². The first-order valence-electron chi connectivity index (χ1n) is 4.98. The third kappa shape index (κ3) is 4.06. The Labute approximate surface area is 104 Å². The van der Waals surface area contributed by atoms with Gasteiger partial charge in [0, 0.05) is 22.3 Å². The molecular formula is C12H14BrNO2. The Morgan fingerprint density at radius 3 is 2.94 bits per heavy atom. The van der Waals surface area contributed by atoms with Crippen LogP contribution in [0, 0.1) is 0 Å². The van der Waals surface area contributed by atoms with E-state index in [1.54, 1.807) is 6.92 Å². The number of anilines is 1. The number of esters is 1. The first-order valence-corrected chi connectivity index (χ1v) is 5.77. The summed E-state index contributed by atoms with van der Waals surface area (Å²) in [5.41, 5.74) is 1.35. The van der Waals surface area contributed by atoms with Crippen molar-refractivity contribution in [2.75, 3.05) is 18.5 Å². The summed E-state index contributed by atoms with van der Waals surface area (Å²) in [6.07, 6.45) is 0. The molecule has 0 saturated carbocycles. The molecule has 0 saturated heterocycles. The average Bonchev–Trinajstić information content (AvgIpc) is 2.26. The Morgan fingerprint density at radius 1 is 1.56 bits per heavy atom. The molecule has 0 aromatic heterocycles. The van der Waals surface area contributed by atoms with Crippen molar-refractivity contribution in [1.82, 2.24) is 0 Å². The van der Waals surface area contributed by atoms with E-state index in [0.717, 1.165) is 10.2 Å². The molecule has 3 nitrogen and oxygen atoms in total. The van der Waals surface area contributed by atoms with E-state index < -0.39 is 0 Å². The molecule has 0 aliphatic heterocycles. The molecule has 1 rings (SSSR count). The number of carbonyl (C=O) groups is 1. The van der Waals surface area contributed by atoms with Crippen molar-refractivity contribution in [1.29, 1.82) is 0 Å². The quantitative estimate of drug-likeness (QED) is 0.667. The highest BCUT2D eigenvalue weighted by molar-refractivity contribution is 9.10. The molecule has 0 amide bonds. The summed E-state index contributed by atoms with van der Waals surface area (Å²) >= 11 is 3.37. The molecule has 1 aromatic rings. The number of halogens is 1. The van der Waals surface area contributed by atoms with E-state index in [-0.39, 0.29) is 5.97 Å². The molecule has 1 N–H and O–H groups in total. The van der Waals surface area contributed by atoms with Crippen molar-refractivity contribution < 1.29 is 9.53 Å². The lowest BCUT2D eigenvalue weighted by molar-refractivity contribution is -0.138. The van der Waals surface area contributed by atoms with Gasteiger partial charge in [-0.25, -0.2) is 4.79 Å². The second-order valence-electron chi connectivity index (χ2n) is 3.19. The number of carbonyl (C=O) groups excluding carboxylic acids is 1. The van der Waals surface area contributed by atoms with Crippen LogP contribution in [0.3, 0.4) is 0 Å². The predicted octanol–water partition coefficient (Wildman–Crippen LogP) is 2.98. The molecule has 0 aliphatic carbocycles. The summed E-state index contributed by atoms with van der Waals surface area (Å²) in [6.45, 7) is 6.19. The van der Waals surface area contributed by atoms with Crippen LogP contribution in [0.1, 0.15) is 6.92 Å². The van der Waals surface area contributed by atoms with Crippen LogP contribution in [0.25, 0.3) is 0 Å². The summed E-state index contributed by atoms with van der Waals surface area (Å²) in [4.78, 5) is 11.3. The van der Waals surface area contributed by atoms with Gasteiger partial charge in [-0.05, 0) is 25.1 Å². The second kappa shape index (κ2) is 6.33. The lowest BCUT2D eigenvalue weighted by Crippen LogP contribution is -2.14. The molecule has 86 valence electrons. The third-order valence-corrected chi connectivity index (χ3v) is 2.39. The van der Waals surface area contributed by atoms with E-state index in [9.17, 15) is 4.79 Å². The lowest BCUT2D eigenvalue weighted by Gasteiger charge is -2.08. The number of benzene rings is 1. The maximum atomic E-state index is 11.3. The minimum Gasteiger partial charge on any atom is -0.463 e. The molecule has 0 aliphatic rings. The van der Waals surface area contributed by atoms with Gasteiger partial charge in [-0.3, -0.25) is 0 Å². The van der Waals surface area contributed by atoms with Gasteiger partial charge in [0.05, 0.1) is 6.61 Å². The van der Waals surface area contributed by atoms with Gasteiger partial charge in [0.2, 0.25) is 0 Å². The van der Waals surface area contributed by atoms with Crippen LogP contribution in [0.15, 0.2) is 40.9 Å². The van der Waals surface area contributed by atoms with E-state index in [0.29, 0.717) is 18.7 Å². The van der Waals surface area contributed by atoms with E-state index >= 15 is 0 Å². The molecule has 0 atom stereocenters. The maximum Gasteiger partial charge on any atom is 0.335 e. The number of nitrogens with one attached hydrogen (secondary N) is 1. The molecule has 4 heteroatoms. The Kier molecular flexibility index (Phi) is 5.05. The van der Waals surface area contributed by atoms with Crippen LogP contribution in [0.5, 0.6) is 0 Å². The van der Waals surface area contributed by atoms with Crippen molar-refractivity contribution in [3.63, 3.8) is 0 Å². The standard InChI is InChI=1S/C12H14BrNO2/c1-3-16-12(15)9(2)8-14-11-6-4-5-10(13)7-11/h4-7,14H,2-3,8H2,1H3. The van der Waals surface area contributed by atoms with Crippen molar-refractivity contribution in [3.8, 4) is 0 Å². The maximum absolute atomic E-state index is 11.3. The Morgan fingerprint density at radius 2 is 2.31 bits per heavy atom. The van der Waals surface area contributed by atoms with Crippen molar-refractivity contribution >= 4 is 27.6 Å². The Balaban J connectivity index is 2.46. The zero-order valence-electron chi connectivity index (χ0n) is 9.13. The third-order valence-electron chi connectivity index (χ3n) is 1.89. The van der Waals surface area contributed by atoms with Gasteiger partial charge in [-0.15, -0.1) is 0 Å². The molecule has 0 unspecified atom stereocenters. The number of hydrogen-bond acceptors (Lipinski definition) is 3. The van der Waals surface area contributed by atoms with Crippen LogP contribution in [-0.2, 0) is 9.53 Å². The normalized spacial score (nSPS) is 9.62. The Hall–Kier alpha value is -1.29. The second-order valence-corrected chi connectivity index (χ2v) is 4.10. The van der Waals surface area contributed by atoms with Gasteiger partial charge in [0.1, 0.15) is 0 Å². The summed E-state index contributed by atoms with van der Waals surface area (Å²) in [5.74, 6) is -0.356. The monoisotopic (exact) mass is 283 g/mol. The van der Waals surface area contributed by atoms with Crippen LogP contribution >= 0.6 is 15.9 Å². The molecule has 0 heterocycles. The highest BCUT2D eigenvalue weighted by Crippen LogP contribution is 2.15. The summed E-state index contributed by atoms with van der Waals surface area (Å²) in [6, 6.07) is 7.70. The van der Waals surface area contributed by atoms with E-state index in [4.69, 9.17) is 4.74 Å². The minimum atomic E-state index is -0.356. The number of rotatable bonds is 5. The largest absolute Gasteiger partial charge is 0.463 e. The fourth-order valence-electron chi connectivity index (χ4n) is 1.11. The van der Waals surface area contributed by atoms with Crippen LogP contribution in [-0.4, -0.2) is 19.1 Å². The Bertz CT molecular complexity index is 390. The fraction of sp³-hybridized carbons (Fsp3) is 0.250. The molecule has 0 fully saturated rings. The van der Waals surface area contributed by atoms with Gasteiger partial charge in [0.25, 0.3) is 0 Å². The summed E-state index contributed by atoms with van der Waals surface area (Å²) < 4.78 is 5.81. The fourth-order valence-corrected chi connectivity index (χ4v) is 1.51. The molecular weight excluding hydrogens is 270 g/mol. The lowest BCUT2D eigenvalue weighted by atomic mass is 10.2. The van der Waals surface area contributed by atoms with Crippen molar-refractivity contribution in [3.05, 3.63) is 40.9 Å². The number of hydrogen-bond donors (Lipinski definition) is 1. The zero-order valence-corrected chi connectivity index (χ0v) is 10.7. The SMILES string of the molecule is C=C(CNc1cccc(Br)c1)C(=O)OCC. The van der Waals surface area contributed by atoms with Gasteiger partial charge in [-0.2, -0.15) is 0 Å². The molecule has 1 aromatic carbocycles. The van der Waals surface area contributed by atoms with Gasteiger partial charge < -0.3 is 10.1 Å². The molecule has 0 bridgehead atoms. The molecule has 0 radical (unpaired) electrons. The predicted molar refractivity (Wildman–Crippen MR) is 68.4 cm³/mol. The van der Waals surface area contributed by atoms with Crippen molar-refractivity contribution in [2.24, 2.45) is 0 Å². The van der Waals surface area contributed by atoms with Crippen LogP contribution in [0.4, 0.5) is 5.69 Å². The van der Waals surface area contributed by atoms with Gasteiger partial charge in [0.15, 0.2) is 0 Å². The van der Waals surface area contributed by atoms with E-state index in [1.807, 2.05) is 24.3 Å². The smallest absolute Gasteiger partial charge is 0.335 e. The number of ether oxygens (including phenoxy) is 1. The highest BCUT2D eigenvalue weighted by Gasteiger charge is 2.06. The van der Waals surface area contributed by atoms with E-state index in [1.165, 1.54) is 0 Å². The first-order chi connectivity index (χ1) is 7.63. The first kappa shape index (κ1) is 12.8. The molecule has 0 spiro atoms. The minimum absolute atomic E-state index is 0.356.